The number of ether oxygens (including phenoxy) is 1. The summed E-state index contributed by atoms with van der Waals surface area (Å²) in [7, 11) is 1.62. The second-order valence-corrected chi connectivity index (χ2v) is 5.62. The van der Waals surface area contributed by atoms with Gasteiger partial charge in [-0.2, -0.15) is 0 Å². The van der Waals surface area contributed by atoms with Crippen molar-refractivity contribution in [3.8, 4) is 5.75 Å². The Morgan fingerprint density at radius 1 is 1.27 bits per heavy atom. The molecular formula is C18H20N2O2. The molecule has 0 saturated carbocycles. The smallest absolute Gasteiger partial charge is 0.258 e. The largest absolute Gasteiger partial charge is 0.497 e. The molecule has 4 nitrogen and oxygen atoms in total. The van der Waals surface area contributed by atoms with Gasteiger partial charge in [-0.1, -0.05) is 12.1 Å². The summed E-state index contributed by atoms with van der Waals surface area (Å²) < 4.78 is 5.14. The van der Waals surface area contributed by atoms with Gasteiger partial charge in [0, 0.05) is 23.8 Å². The molecule has 0 radical (unpaired) electrons. The standard InChI is InChI=1S/C18H20N2O2/c1-12-9-15-4-3-13(11-19)10-17(15)20(12)18(21)14-5-7-16(22-2)8-6-14/h3-8,10,12H,9,11,19H2,1-2H3/t12-/m0/s1. The lowest BCUT2D eigenvalue weighted by molar-refractivity contribution is 0.0981. The molecule has 1 aliphatic rings. The van der Waals surface area contributed by atoms with Gasteiger partial charge in [0.25, 0.3) is 5.91 Å². The maximum atomic E-state index is 12.9. The summed E-state index contributed by atoms with van der Waals surface area (Å²) >= 11 is 0. The van der Waals surface area contributed by atoms with E-state index in [9.17, 15) is 4.79 Å². The zero-order chi connectivity index (χ0) is 15.7. The van der Waals surface area contributed by atoms with E-state index < -0.39 is 0 Å². The molecule has 0 fully saturated rings. The first-order chi connectivity index (χ1) is 10.6. The third-order valence-corrected chi connectivity index (χ3v) is 4.16. The number of anilines is 1. The van der Waals surface area contributed by atoms with Gasteiger partial charge in [-0.15, -0.1) is 0 Å². The number of carbonyl (C=O) groups is 1. The number of amides is 1. The molecule has 114 valence electrons. The van der Waals surface area contributed by atoms with Crippen LogP contribution in [0.25, 0.3) is 0 Å². The van der Waals surface area contributed by atoms with Crippen molar-refractivity contribution in [1.82, 2.24) is 0 Å². The second kappa shape index (κ2) is 5.81. The van der Waals surface area contributed by atoms with Crippen LogP contribution in [0.3, 0.4) is 0 Å². The van der Waals surface area contributed by atoms with Crippen LogP contribution in [0.2, 0.25) is 0 Å². The van der Waals surface area contributed by atoms with Crippen molar-refractivity contribution in [3.05, 3.63) is 59.2 Å². The molecule has 22 heavy (non-hydrogen) atoms. The highest BCUT2D eigenvalue weighted by molar-refractivity contribution is 6.07. The van der Waals surface area contributed by atoms with E-state index >= 15 is 0 Å². The quantitative estimate of drug-likeness (QED) is 0.947. The van der Waals surface area contributed by atoms with Crippen LogP contribution < -0.4 is 15.4 Å². The maximum Gasteiger partial charge on any atom is 0.258 e. The Morgan fingerprint density at radius 2 is 2.00 bits per heavy atom. The van der Waals surface area contributed by atoms with Crippen LogP contribution in [0, 0.1) is 0 Å². The highest BCUT2D eigenvalue weighted by Crippen LogP contribution is 2.34. The third kappa shape index (κ3) is 2.46. The Hall–Kier alpha value is -2.33. The first kappa shape index (κ1) is 14.6. The average Bonchev–Trinajstić information content (AvgIpc) is 2.89. The predicted molar refractivity (Wildman–Crippen MR) is 87.3 cm³/mol. The number of nitrogens with zero attached hydrogens (tertiary/aromatic N) is 1. The molecule has 0 saturated heterocycles. The van der Waals surface area contributed by atoms with Gasteiger partial charge in [0.15, 0.2) is 0 Å². The molecule has 1 amide bonds. The Bertz CT molecular complexity index is 695. The van der Waals surface area contributed by atoms with Crippen molar-refractivity contribution >= 4 is 11.6 Å². The monoisotopic (exact) mass is 296 g/mol. The fourth-order valence-electron chi connectivity index (χ4n) is 2.96. The fourth-order valence-corrected chi connectivity index (χ4v) is 2.96. The van der Waals surface area contributed by atoms with E-state index in [-0.39, 0.29) is 11.9 Å². The molecule has 1 heterocycles. The molecule has 1 aliphatic heterocycles. The molecule has 3 rings (SSSR count). The molecular weight excluding hydrogens is 276 g/mol. The normalized spacial score (nSPS) is 16.5. The SMILES string of the molecule is COc1ccc(C(=O)N2c3cc(CN)ccc3C[C@@H]2C)cc1. The molecule has 0 bridgehead atoms. The van der Waals surface area contributed by atoms with Gasteiger partial charge in [-0.05, 0) is 54.8 Å². The van der Waals surface area contributed by atoms with Crippen molar-refractivity contribution in [2.24, 2.45) is 5.73 Å². The lowest BCUT2D eigenvalue weighted by Crippen LogP contribution is -2.35. The summed E-state index contributed by atoms with van der Waals surface area (Å²) in [6.07, 6.45) is 0.877. The van der Waals surface area contributed by atoms with E-state index in [2.05, 4.69) is 13.0 Å². The molecule has 1 atom stereocenters. The molecule has 0 unspecified atom stereocenters. The summed E-state index contributed by atoms with van der Waals surface area (Å²) in [6, 6.07) is 13.5. The Morgan fingerprint density at radius 3 is 2.64 bits per heavy atom. The summed E-state index contributed by atoms with van der Waals surface area (Å²) in [5, 5.41) is 0. The van der Waals surface area contributed by atoms with Crippen molar-refractivity contribution in [3.63, 3.8) is 0 Å². The predicted octanol–water partition coefficient (Wildman–Crippen LogP) is 2.75. The van der Waals surface area contributed by atoms with Gasteiger partial charge < -0.3 is 15.4 Å². The molecule has 2 N–H and O–H groups in total. The molecule has 4 heteroatoms. The van der Waals surface area contributed by atoms with Crippen molar-refractivity contribution in [2.75, 3.05) is 12.0 Å². The topological polar surface area (TPSA) is 55.6 Å². The van der Waals surface area contributed by atoms with Crippen LogP contribution in [0.5, 0.6) is 5.75 Å². The minimum Gasteiger partial charge on any atom is -0.497 e. The third-order valence-electron chi connectivity index (χ3n) is 4.16. The Balaban J connectivity index is 1.95. The number of rotatable bonds is 3. The molecule has 0 aliphatic carbocycles. The van der Waals surface area contributed by atoms with Crippen LogP contribution in [0.15, 0.2) is 42.5 Å². The highest BCUT2D eigenvalue weighted by atomic mass is 16.5. The number of carbonyl (C=O) groups excluding carboxylic acids is 1. The van der Waals surface area contributed by atoms with E-state index in [1.165, 1.54) is 5.56 Å². The van der Waals surface area contributed by atoms with E-state index in [0.717, 1.165) is 23.4 Å². The second-order valence-electron chi connectivity index (χ2n) is 5.62. The summed E-state index contributed by atoms with van der Waals surface area (Å²) in [6.45, 7) is 2.55. The van der Waals surface area contributed by atoms with Gasteiger partial charge in [-0.25, -0.2) is 0 Å². The van der Waals surface area contributed by atoms with Crippen molar-refractivity contribution in [1.29, 1.82) is 0 Å². The zero-order valence-corrected chi connectivity index (χ0v) is 12.9. The summed E-state index contributed by atoms with van der Waals surface area (Å²) in [4.78, 5) is 14.7. The zero-order valence-electron chi connectivity index (χ0n) is 12.9. The minimum atomic E-state index is 0.0167. The summed E-state index contributed by atoms with van der Waals surface area (Å²) in [5.41, 5.74) is 9.62. The van der Waals surface area contributed by atoms with Crippen molar-refractivity contribution in [2.45, 2.75) is 25.9 Å². The summed E-state index contributed by atoms with van der Waals surface area (Å²) in [5.74, 6) is 0.764. The molecule has 0 aromatic heterocycles. The maximum absolute atomic E-state index is 12.9. The molecule has 2 aromatic carbocycles. The van der Waals surface area contributed by atoms with Crippen LogP contribution in [0.1, 0.15) is 28.4 Å². The lowest BCUT2D eigenvalue weighted by Gasteiger charge is -2.23. The van der Waals surface area contributed by atoms with Crippen LogP contribution in [-0.4, -0.2) is 19.1 Å². The van der Waals surface area contributed by atoms with Crippen LogP contribution in [0.4, 0.5) is 5.69 Å². The number of methoxy groups -OCH3 is 1. The number of hydrogen-bond acceptors (Lipinski definition) is 3. The number of nitrogens with two attached hydrogens (primary N) is 1. The van der Waals surface area contributed by atoms with Gasteiger partial charge in [0.2, 0.25) is 0 Å². The first-order valence-corrected chi connectivity index (χ1v) is 7.43. The van der Waals surface area contributed by atoms with E-state index in [0.29, 0.717) is 12.1 Å². The van der Waals surface area contributed by atoms with E-state index in [4.69, 9.17) is 10.5 Å². The van der Waals surface area contributed by atoms with Crippen LogP contribution >= 0.6 is 0 Å². The number of benzene rings is 2. The minimum absolute atomic E-state index is 0.0167. The fraction of sp³-hybridized carbons (Fsp3) is 0.278. The number of hydrogen-bond donors (Lipinski definition) is 1. The van der Waals surface area contributed by atoms with Gasteiger partial charge >= 0.3 is 0 Å². The lowest BCUT2D eigenvalue weighted by atomic mass is 10.1. The van der Waals surface area contributed by atoms with E-state index in [1.807, 2.05) is 29.2 Å². The number of fused-ring (bicyclic) bond motifs is 1. The Kier molecular flexibility index (Phi) is 3.86. The van der Waals surface area contributed by atoms with E-state index in [1.54, 1.807) is 19.2 Å². The van der Waals surface area contributed by atoms with Crippen LogP contribution in [-0.2, 0) is 13.0 Å². The highest BCUT2D eigenvalue weighted by Gasteiger charge is 2.31. The first-order valence-electron chi connectivity index (χ1n) is 7.43. The average molecular weight is 296 g/mol. The molecule has 2 aromatic rings. The van der Waals surface area contributed by atoms with Gasteiger partial charge in [-0.3, -0.25) is 4.79 Å². The Labute approximate surface area is 130 Å². The molecule has 0 spiro atoms. The van der Waals surface area contributed by atoms with Gasteiger partial charge in [0.1, 0.15) is 5.75 Å². The van der Waals surface area contributed by atoms with Gasteiger partial charge in [0.05, 0.1) is 7.11 Å². The van der Waals surface area contributed by atoms with Crippen molar-refractivity contribution < 1.29 is 9.53 Å².